The van der Waals surface area contributed by atoms with Crippen LogP contribution >= 0.6 is 0 Å². The Morgan fingerprint density at radius 3 is 2.47 bits per heavy atom. The van der Waals surface area contributed by atoms with Gasteiger partial charge in [0.15, 0.2) is 0 Å². The summed E-state index contributed by atoms with van der Waals surface area (Å²) >= 11 is 0. The van der Waals surface area contributed by atoms with E-state index in [-0.39, 0.29) is 11.7 Å². The average molecular weight is 436 g/mol. The normalized spacial score (nSPS) is 14.4. The van der Waals surface area contributed by atoms with Crippen LogP contribution in [0, 0.1) is 18.7 Å². The monoisotopic (exact) mass is 435 g/mol. The van der Waals surface area contributed by atoms with Crippen LogP contribution in [0.25, 0.3) is 11.3 Å². The first-order valence-corrected chi connectivity index (χ1v) is 11.0. The Morgan fingerprint density at radius 1 is 1.12 bits per heavy atom. The van der Waals surface area contributed by atoms with E-state index in [1.54, 1.807) is 17.0 Å². The number of aromatic nitrogens is 2. The van der Waals surface area contributed by atoms with E-state index < -0.39 is 6.04 Å². The van der Waals surface area contributed by atoms with Crippen LogP contribution in [-0.4, -0.2) is 32.9 Å². The van der Waals surface area contributed by atoms with Gasteiger partial charge >= 0.3 is 0 Å². The molecule has 1 amide bonds. The van der Waals surface area contributed by atoms with Gasteiger partial charge < -0.3 is 20.5 Å². The average Bonchev–Trinajstić information content (AvgIpc) is 3.12. The number of rotatable bonds is 6. The molecule has 0 saturated heterocycles. The zero-order chi connectivity index (χ0) is 22.8. The summed E-state index contributed by atoms with van der Waals surface area (Å²) < 4.78 is 15.6. The number of carbonyl (C=O) groups is 1. The highest BCUT2D eigenvalue weighted by molar-refractivity contribution is 5.82. The first kappa shape index (κ1) is 22.0. The summed E-state index contributed by atoms with van der Waals surface area (Å²) in [4.78, 5) is 19.5. The summed E-state index contributed by atoms with van der Waals surface area (Å²) in [7, 11) is 0. The molecular weight excluding hydrogens is 405 g/mol. The van der Waals surface area contributed by atoms with E-state index in [1.807, 2.05) is 31.2 Å². The molecule has 0 unspecified atom stereocenters. The van der Waals surface area contributed by atoms with Gasteiger partial charge in [0.25, 0.3) is 0 Å². The summed E-state index contributed by atoms with van der Waals surface area (Å²) in [5.41, 5.74) is 9.83. The van der Waals surface area contributed by atoms with Crippen LogP contribution in [0.1, 0.15) is 31.7 Å². The second-order valence-corrected chi connectivity index (χ2v) is 8.87. The van der Waals surface area contributed by atoms with Crippen molar-refractivity contribution in [3.05, 3.63) is 65.7 Å². The number of hydrogen-bond acceptors (Lipinski definition) is 4. The highest BCUT2D eigenvalue weighted by atomic mass is 19.1. The molecule has 1 atom stereocenters. The predicted octanol–water partition coefficient (Wildman–Crippen LogP) is 4.46. The smallest absolute Gasteiger partial charge is 0.239 e. The van der Waals surface area contributed by atoms with E-state index in [9.17, 15) is 9.18 Å². The van der Waals surface area contributed by atoms with Crippen molar-refractivity contribution in [1.82, 2.24) is 14.5 Å². The number of benzene rings is 2. The van der Waals surface area contributed by atoms with Gasteiger partial charge in [0, 0.05) is 24.3 Å². The van der Waals surface area contributed by atoms with Crippen molar-refractivity contribution in [1.29, 1.82) is 0 Å². The number of fused-ring (bicyclic) bond motifs is 1. The molecule has 1 aliphatic heterocycles. The number of aryl methyl sites for hydroxylation is 1. The third-order valence-electron chi connectivity index (χ3n) is 5.76. The molecule has 1 aromatic heterocycles. The molecule has 4 rings (SSSR count). The first-order valence-electron chi connectivity index (χ1n) is 11.0. The first-order chi connectivity index (χ1) is 15.3. The second-order valence-electron chi connectivity index (χ2n) is 8.87. The zero-order valence-electron chi connectivity index (χ0n) is 18.8. The third-order valence-corrected chi connectivity index (χ3v) is 5.76. The van der Waals surface area contributed by atoms with Crippen LogP contribution in [0.3, 0.4) is 0 Å². The quantitative estimate of drug-likeness (QED) is 0.600. The Balaban J connectivity index is 1.67. The van der Waals surface area contributed by atoms with Crippen LogP contribution < -0.4 is 11.1 Å². The molecule has 6 nitrogen and oxygen atoms in total. The molecule has 0 saturated carbocycles. The number of nitrogens with one attached hydrogen (secondary N) is 1. The van der Waals surface area contributed by atoms with Gasteiger partial charge in [0.1, 0.15) is 23.2 Å². The molecule has 3 N–H and O–H groups in total. The maximum Gasteiger partial charge on any atom is 0.239 e. The van der Waals surface area contributed by atoms with Gasteiger partial charge in [-0.3, -0.25) is 4.79 Å². The second kappa shape index (κ2) is 9.12. The van der Waals surface area contributed by atoms with Gasteiger partial charge in [0.2, 0.25) is 5.91 Å². The lowest BCUT2D eigenvalue weighted by atomic mass is 10.0. The molecule has 2 aromatic carbocycles. The van der Waals surface area contributed by atoms with Crippen molar-refractivity contribution in [2.45, 2.75) is 46.3 Å². The number of hydrogen-bond donors (Lipinski definition) is 2. The van der Waals surface area contributed by atoms with E-state index in [1.165, 1.54) is 17.7 Å². The Hall–Kier alpha value is -3.19. The number of nitrogens with two attached hydrogens (primary N) is 1. The molecule has 0 bridgehead atoms. The molecule has 0 fully saturated rings. The van der Waals surface area contributed by atoms with Gasteiger partial charge in [-0.25, -0.2) is 9.37 Å². The number of halogens is 1. The highest BCUT2D eigenvalue weighted by Crippen LogP contribution is 2.33. The molecular formula is C25H30FN5O. The number of anilines is 2. The van der Waals surface area contributed by atoms with E-state index in [0.29, 0.717) is 32.0 Å². The van der Waals surface area contributed by atoms with E-state index in [0.717, 1.165) is 28.6 Å². The van der Waals surface area contributed by atoms with Gasteiger partial charge in [0.05, 0.1) is 12.6 Å². The van der Waals surface area contributed by atoms with E-state index >= 15 is 0 Å². The standard InChI is InChI=1S/C25H30FN5O/c1-16(2)14-21(27)25(32)30-12-13-31-22(15-30)29-23(18-6-8-19(26)9-7-18)24(31)28-20-10-4-17(3)5-11-20/h4-11,16,21,28H,12-15,27H2,1-3H3/t21-/m0/s1. The molecule has 3 aromatic rings. The van der Waals surface area contributed by atoms with Crippen molar-refractivity contribution < 1.29 is 9.18 Å². The summed E-state index contributed by atoms with van der Waals surface area (Å²) in [6, 6.07) is 14.0. The SMILES string of the molecule is Cc1ccc(Nc2c(-c3ccc(F)cc3)nc3n2CCN(C(=O)[C@@H](N)CC(C)C)C3)cc1. The lowest BCUT2D eigenvalue weighted by molar-refractivity contribution is -0.134. The fraction of sp³-hybridized carbons (Fsp3) is 0.360. The minimum Gasteiger partial charge on any atom is -0.340 e. The van der Waals surface area contributed by atoms with Crippen LogP contribution in [0.5, 0.6) is 0 Å². The summed E-state index contributed by atoms with van der Waals surface area (Å²) in [6.45, 7) is 7.75. The fourth-order valence-electron chi connectivity index (χ4n) is 4.07. The van der Waals surface area contributed by atoms with E-state index in [4.69, 9.17) is 10.7 Å². The maximum atomic E-state index is 13.5. The fourth-order valence-corrected chi connectivity index (χ4v) is 4.07. The predicted molar refractivity (Wildman–Crippen MR) is 125 cm³/mol. The number of nitrogens with zero attached hydrogens (tertiary/aromatic N) is 3. The van der Waals surface area contributed by atoms with Crippen molar-refractivity contribution in [2.75, 3.05) is 11.9 Å². The maximum absolute atomic E-state index is 13.5. The summed E-state index contributed by atoms with van der Waals surface area (Å²) in [5, 5.41) is 3.49. The summed E-state index contributed by atoms with van der Waals surface area (Å²) in [6.07, 6.45) is 0.658. The van der Waals surface area contributed by atoms with Gasteiger partial charge in [-0.2, -0.15) is 0 Å². The minimum atomic E-state index is -0.502. The van der Waals surface area contributed by atoms with Crippen molar-refractivity contribution in [2.24, 2.45) is 11.7 Å². The Kier molecular flexibility index (Phi) is 6.28. The number of amides is 1. The summed E-state index contributed by atoms with van der Waals surface area (Å²) in [5.74, 6) is 1.66. The lowest BCUT2D eigenvalue weighted by Gasteiger charge is -2.31. The van der Waals surface area contributed by atoms with Crippen LogP contribution in [0.15, 0.2) is 48.5 Å². The van der Waals surface area contributed by atoms with E-state index in [2.05, 4.69) is 23.7 Å². The van der Waals surface area contributed by atoms with Crippen LogP contribution in [0.4, 0.5) is 15.9 Å². The van der Waals surface area contributed by atoms with Crippen LogP contribution in [-0.2, 0) is 17.9 Å². The Labute approximate surface area is 188 Å². The van der Waals surface area contributed by atoms with Crippen LogP contribution in [0.2, 0.25) is 0 Å². The molecule has 1 aliphatic rings. The van der Waals surface area contributed by atoms with Gasteiger partial charge in [-0.15, -0.1) is 0 Å². The third kappa shape index (κ3) is 4.67. The molecule has 7 heteroatoms. The van der Waals surface area contributed by atoms with Crippen molar-refractivity contribution >= 4 is 17.4 Å². The van der Waals surface area contributed by atoms with Crippen molar-refractivity contribution in [3.8, 4) is 11.3 Å². The molecule has 2 heterocycles. The highest BCUT2D eigenvalue weighted by Gasteiger charge is 2.29. The molecule has 168 valence electrons. The molecule has 0 aliphatic carbocycles. The minimum absolute atomic E-state index is 0.0377. The largest absolute Gasteiger partial charge is 0.340 e. The van der Waals surface area contributed by atoms with Crippen molar-refractivity contribution in [3.63, 3.8) is 0 Å². The molecule has 0 spiro atoms. The van der Waals surface area contributed by atoms with Gasteiger partial charge in [-0.05, 0) is 55.7 Å². The topological polar surface area (TPSA) is 76.2 Å². The number of carbonyl (C=O) groups excluding carboxylic acids is 1. The number of imidazole rings is 1. The Morgan fingerprint density at radius 2 is 1.81 bits per heavy atom. The molecule has 0 radical (unpaired) electrons. The zero-order valence-corrected chi connectivity index (χ0v) is 18.8. The Bertz CT molecular complexity index is 1090. The van der Waals surface area contributed by atoms with Gasteiger partial charge in [-0.1, -0.05) is 31.5 Å². The molecule has 32 heavy (non-hydrogen) atoms. The lowest BCUT2D eigenvalue weighted by Crippen LogP contribution is -2.47.